The average Bonchev–Trinajstić information content (AvgIpc) is 1.63. The number of carbonyl (C=O) groups excluding carboxylic acids is 1. The third kappa shape index (κ3) is 0.874. The molecule has 0 radical (unpaired) electrons. The van der Waals surface area contributed by atoms with E-state index < -0.39 is 0 Å². The quantitative estimate of drug-likeness (QED) is 0.526. The molecule has 2 heteroatoms. The predicted octanol–water partition coefficient (Wildman–Crippen LogP) is 1.00. The van der Waals surface area contributed by atoms with Crippen LogP contribution >= 0.6 is 0 Å². The first kappa shape index (κ1) is 6.75. The molecule has 1 saturated carbocycles. The molecule has 2 nitrogen and oxygen atoms in total. The van der Waals surface area contributed by atoms with Crippen molar-refractivity contribution in [3.8, 4) is 0 Å². The fourth-order valence-electron chi connectivity index (χ4n) is 1.39. The number of carbonyl (C=O) groups is 1. The molecule has 9 heavy (non-hydrogen) atoms. The van der Waals surface area contributed by atoms with Crippen LogP contribution in [0.4, 0.5) is 0 Å². The van der Waals surface area contributed by atoms with E-state index in [0.717, 1.165) is 0 Å². The van der Waals surface area contributed by atoms with Gasteiger partial charge in [0.05, 0.1) is 0 Å². The summed E-state index contributed by atoms with van der Waals surface area (Å²) in [5.74, 6) is 0.238. The Morgan fingerprint density at radius 1 is 1.67 bits per heavy atom. The van der Waals surface area contributed by atoms with Crippen LogP contribution in [0, 0.1) is 5.41 Å². The molecule has 1 aliphatic rings. The summed E-state index contributed by atoms with van der Waals surface area (Å²) < 4.78 is 4.96. The zero-order chi connectivity index (χ0) is 7.07. The van der Waals surface area contributed by atoms with Crippen LogP contribution in [0.2, 0.25) is 0 Å². The Hall–Kier alpha value is -0.370. The first-order valence-corrected chi connectivity index (χ1v) is 3.13. The van der Waals surface area contributed by atoms with Crippen LogP contribution in [-0.2, 0) is 9.53 Å². The van der Waals surface area contributed by atoms with Crippen LogP contribution in [0.5, 0.6) is 0 Å². The van der Waals surface area contributed by atoms with Crippen molar-refractivity contribution in [3.05, 3.63) is 0 Å². The fourth-order valence-corrected chi connectivity index (χ4v) is 1.39. The van der Waals surface area contributed by atoms with Gasteiger partial charge >= 0.3 is 0 Å². The lowest BCUT2D eigenvalue weighted by atomic mass is 9.68. The lowest BCUT2D eigenvalue weighted by Crippen LogP contribution is -2.50. The molecule has 0 spiro atoms. The first-order valence-electron chi connectivity index (χ1n) is 3.13. The SMILES string of the molecule is CO[C@@H]1C(=O)CC1(C)C. The Labute approximate surface area is 55.2 Å². The van der Waals surface area contributed by atoms with Crippen molar-refractivity contribution >= 4 is 5.78 Å². The molecule has 0 bridgehead atoms. The zero-order valence-electron chi connectivity index (χ0n) is 6.10. The molecule has 0 aromatic heterocycles. The van der Waals surface area contributed by atoms with E-state index in [9.17, 15) is 4.79 Å². The third-order valence-corrected chi connectivity index (χ3v) is 1.87. The smallest absolute Gasteiger partial charge is 0.162 e. The van der Waals surface area contributed by atoms with Crippen molar-refractivity contribution < 1.29 is 9.53 Å². The van der Waals surface area contributed by atoms with E-state index in [4.69, 9.17) is 4.74 Å². The second-order valence-electron chi connectivity index (χ2n) is 3.25. The Morgan fingerprint density at radius 3 is 2.33 bits per heavy atom. The average molecular weight is 128 g/mol. The van der Waals surface area contributed by atoms with Crippen molar-refractivity contribution in [2.24, 2.45) is 5.41 Å². The molecule has 0 saturated heterocycles. The van der Waals surface area contributed by atoms with Gasteiger partial charge in [0.15, 0.2) is 5.78 Å². The van der Waals surface area contributed by atoms with E-state index in [1.165, 1.54) is 0 Å². The summed E-state index contributed by atoms with van der Waals surface area (Å²) in [7, 11) is 1.59. The van der Waals surface area contributed by atoms with Crippen LogP contribution in [0.3, 0.4) is 0 Å². The molecule has 0 heterocycles. The summed E-state index contributed by atoms with van der Waals surface area (Å²) in [6.45, 7) is 4.09. The van der Waals surface area contributed by atoms with Crippen LogP contribution in [-0.4, -0.2) is 19.0 Å². The Bertz CT molecular complexity index is 138. The minimum absolute atomic E-state index is 0.0891. The Balaban J connectivity index is 2.58. The van der Waals surface area contributed by atoms with Gasteiger partial charge in [0.2, 0.25) is 0 Å². The minimum Gasteiger partial charge on any atom is -0.373 e. The number of ketones is 1. The summed E-state index contributed by atoms with van der Waals surface area (Å²) in [6.07, 6.45) is 0.531. The number of hydrogen-bond donors (Lipinski definition) is 0. The van der Waals surface area contributed by atoms with E-state index in [0.29, 0.717) is 6.42 Å². The molecule has 0 amide bonds. The molecule has 0 N–H and O–H groups in total. The highest BCUT2D eigenvalue weighted by Crippen LogP contribution is 2.38. The van der Waals surface area contributed by atoms with Gasteiger partial charge in [-0.05, 0) is 0 Å². The minimum atomic E-state index is -0.141. The van der Waals surface area contributed by atoms with E-state index in [1.54, 1.807) is 7.11 Å². The van der Waals surface area contributed by atoms with Crippen molar-refractivity contribution in [3.63, 3.8) is 0 Å². The van der Waals surface area contributed by atoms with Gasteiger partial charge in [-0.2, -0.15) is 0 Å². The Morgan fingerprint density at radius 2 is 2.22 bits per heavy atom. The van der Waals surface area contributed by atoms with Crippen LogP contribution in [0.15, 0.2) is 0 Å². The molecular weight excluding hydrogens is 116 g/mol. The highest BCUT2D eigenvalue weighted by Gasteiger charge is 2.46. The summed E-state index contributed by atoms with van der Waals surface area (Å²) in [4.78, 5) is 10.8. The van der Waals surface area contributed by atoms with Crippen LogP contribution < -0.4 is 0 Å². The molecule has 1 atom stereocenters. The van der Waals surface area contributed by atoms with Gasteiger partial charge in [0.1, 0.15) is 6.10 Å². The summed E-state index contributed by atoms with van der Waals surface area (Å²) in [5.41, 5.74) is 0.0891. The van der Waals surface area contributed by atoms with Crippen molar-refractivity contribution in [1.29, 1.82) is 0 Å². The van der Waals surface area contributed by atoms with Gasteiger partial charge in [-0.25, -0.2) is 0 Å². The molecule has 52 valence electrons. The van der Waals surface area contributed by atoms with E-state index >= 15 is 0 Å². The lowest BCUT2D eigenvalue weighted by molar-refractivity contribution is -0.154. The molecule has 1 fully saturated rings. The summed E-state index contributed by atoms with van der Waals surface area (Å²) in [5, 5.41) is 0. The molecule has 0 aromatic carbocycles. The molecule has 1 aliphatic carbocycles. The number of rotatable bonds is 1. The van der Waals surface area contributed by atoms with E-state index in [1.807, 2.05) is 13.8 Å². The normalized spacial score (nSPS) is 31.9. The first-order chi connectivity index (χ1) is 4.08. The molecule has 0 aliphatic heterocycles. The maximum Gasteiger partial charge on any atom is 0.162 e. The van der Waals surface area contributed by atoms with Gasteiger partial charge in [0, 0.05) is 18.9 Å². The van der Waals surface area contributed by atoms with Gasteiger partial charge in [0.25, 0.3) is 0 Å². The van der Waals surface area contributed by atoms with Crippen molar-refractivity contribution in [1.82, 2.24) is 0 Å². The summed E-state index contributed by atoms with van der Waals surface area (Å²) in [6, 6.07) is 0. The van der Waals surface area contributed by atoms with Crippen LogP contribution in [0.1, 0.15) is 20.3 Å². The van der Waals surface area contributed by atoms with Crippen molar-refractivity contribution in [2.75, 3.05) is 7.11 Å². The highest BCUT2D eigenvalue weighted by atomic mass is 16.5. The van der Waals surface area contributed by atoms with Crippen molar-refractivity contribution in [2.45, 2.75) is 26.4 Å². The number of Topliss-reactive ketones (excluding diaryl/α,β-unsaturated/α-hetero) is 1. The summed E-state index contributed by atoms with van der Waals surface area (Å²) >= 11 is 0. The largest absolute Gasteiger partial charge is 0.373 e. The Kier molecular flexibility index (Phi) is 1.35. The van der Waals surface area contributed by atoms with Crippen LogP contribution in [0.25, 0.3) is 0 Å². The molecular formula is C7H12O2. The maximum atomic E-state index is 10.8. The molecule has 0 aromatic rings. The highest BCUT2D eigenvalue weighted by molar-refractivity contribution is 5.90. The number of ether oxygens (including phenoxy) is 1. The fraction of sp³-hybridized carbons (Fsp3) is 0.857. The lowest BCUT2D eigenvalue weighted by Gasteiger charge is -2.41. The van der Waals surface area contributed by atoms with Gasteiger partial charge in [-0.3, -0.25) is 4.79 Å². The monoisotopic (exact) mass is 128 g/mol. The van der Waals surface area contributed by atoms with E-state index in [2.05, 4.69) is 0 Å². The zero-order valence-corrected chi connectivity index (χ0v) is 6.10. The molecule has 1 rings (SSSR count). The van der Waals surface area contributed by atoms with Gasteiger partial charge in [-0.15, -0.1) is 0 Å². The maximum absolute atomic E-state index is 10.8. The van der Waals surface area contributed by atoms with E-state index in [-0.39, 0.29) is 17.3 Å². The van der Waals surface area contributed by atoms with Gasteiger partial charge in [-0.1, -0.05) is 13.8 Å². The standard InChI is InChI=1S/C7H12O2/c1-7(2)4-5(8)6(7)9-3/h6H,4H2,1-3H3/t6-/m1/s1. The predicted molar refractivity (Wildman–Crippen MR) is 34.2 cm³/mol. The third-order valence-electron chi connectivity index (χ3n) is 1.87. The second kappa shape index (κ2) is 1.81. The molecule has 0 unspecified atom stereocenters. The van der Waals surface area contributed by atoms with Gasteiger partial charge < -0.3 is 4.74 Å². The second-order valence-corrected chi connectivity index (χ2v) is 3.25. The number of hydrogen-bond acceptors (Lipinski definition) is 2. The number of methoxy groups -OCH3 is 1. The topological polar surface area (TPSA) is 26.3 Å².